The van der Waals surface area contributed by atoms with Gasteiger partial charge in [0.15, 0.2) is 0 Å². The first kappa shape index (κ1) is 15.6. The van der Waals surface area contributed by atoms with Crippen molar-refractivity contribution in [2.24, 2.45) is 0 Å². The summed E-state index contributed by atoms with van der Waals surface area (Å²) in [5.41, 5.74) is 1.15. The Morgan fingerprint density at radius 3 is 2.52 bits per heavy atom. The molecular formula is C17H21NO2S. The van der Waals surface area contributed by atoms with E-state index in [9.17, 15) is 4.79 Å². The molecule has 1 N–H and O–H groups in total. The summed E-state index contributed by atoms with van der Waals surface area (Å²) in [5.74, 6) is 0.952. The largest absolute Gasteiger partial charge is 0.497 e. The van der Waals surface area contributed by atoms with Gasteiger partial charge in [0.25, 0.3) is 0 Å². The number of hydrogen-bond donors (Lipinski definition) is 1. The Morgan fingerprint density at radius 2 is 1.90 bits per heavy atom. The van der Waals surface area contributed by atoms with Gasteiger partial charge in [-0.2, -0.15) is 0 Å². The van der Waals surface area contributed by atoms with Gasteiger partial charge in [0.05, 0.1) is 7.11 Å². The lowest BCUT2D eigenvalue weighted by molar-refractivity contribution is -0.121. The minimum atomic E-state index is 0.110. The van der Waals surface area contributed by atoms with Crippen molar-refractivity contribution < 1.29 is 9.53 Å². The third-order valence-corrected chi connectivity index (χ3v) is 4.35. The van der Waals surface area contributed by atoms with Crippen LogP contribution in [0.2, 0.25) is 0 Å². The first-order valence-corrected chi connectivity index (χ1v) is 7.94. The molecule has 0 saturated heterocycles. The highest BCUT2D eigenvalue weighted by Crippen LogP contribution is 2.15. The minimum absolute atomic E-state index is 0.110. The molecule has 1 heterocycles. The van der Waals surface area contributed by atoms with Crippen molar-refractivity contribution in [1.82, 2.24) is 5.32 Å². The summed E-state index contributed by atoms with van der Waals surface area (Å²) in [6, 6.07) is 12.1. The number of aryl methyl sites for hydroxylation is 2. The first-order valence-electron chi connectivity index (χ1n) is 7.12. The fourth-order valence-corrected chi connectivity index (χ4v) is 2.97. The third-order valence-electron chi connectivity index (χ3n) is 3.29. The molecule has 4 heteroatoms. The molecule has 0 atom stereocenters. The summed E-state index contributed by atoms with van der Waals surface area (Å²) in [7, 11) is 1.65. The van der Waals surface area contributed by atoms with Crippen LogP contribution in [0.25, 0.3) is 0 Å². The van der Waals surface area contributed by atoms with Gasteiger partial charge in [-0.25, -0.2) is 0 Å². The number of thiophene rings is 1. The molecule has 21 heavy (non-hydrogen) atoms. The van der Waals surface area contributed by atoms with Crippen molar-refractivity contribution >= 4 is 17.2 Å². The molecule has 0 aliphatic rings. The lowest BCUT2D eigenvalue weighted by Crippen LogP contribution is -2.25. The van der Waals surface area contributed by atoms with Gasteiger partial charge in [-0.3, -0.25) is 4.79 Å². The maximum absolute atomic E-state index is 11.8. The van der Waals surface area contributed by atoms with Gasteiger partial charge in [-0.05, 0) is 49.6 Å². The lowest BCUT2D eigenvalue weighted by atomic mass is 10.1. The van der Waals surface area contributed by atoms with Gasteiger partial charge in [-0.15, -0.1) is 11.3 Å². The molecule has 1 aromatic heterocycles. The van der Waals surface area contributed by atoms with E-state index in [1.807, 2.05) is 24.3 Å². The number of ether oxygens (including phenoxy) is 1. The Morgan fingerprint density at radius 1 is 1.14 bits per heavy atom. The average molecular weight is 303 g/mol. The zero-order chi connectivity index (χ0) is 15.1. The van der Waals surface area contributed by atoms with Crippen LogP contribution in [-0.2, 0) is 17.6 Å². The predicted molar refractivity (Wildman–Crippen MR) is 87.1 cm³/mol. The summed E-state index contributed by atoms with van der Waals surface area (Å²) in [4.78, 5) is 14.4. The lowest BCUT2D eigenvalue weighted by Gasteiger charge is -2.05. The normalized spacial score (nSPS) is 10.4. The number of carbonyl (C=O) groups is 1. The van der Waals surface area contributed by atoms with Gasteiger partial charge in [0.2, 0.25) is 5.91 Å². The SMILES string of the molecule is COc1ccc(CCC(=O)NCCc2ccc(C)s2)cc1. The second-order valence-corrected chi connectivity index (χ2v) is 6.33. The van der Waals surface area contributed by atoms with Crippen LogP contribution in [-0.4, -0.2) is 19.6 Å². The number of benzene rings is 1. The standard InChI is InChI=1S/C17H21NO2S/c1-13-3-9-16(21-13)11-12-18-17(19)10-6-14-4-7-15(20-2)8-5-14/h3-5,7-9H,6,10-12H2,1-2H3,(H,18,19). The van der Waals surface area contributed by atoms with Crippen LogP contribution in [0.1, 0.15) is 21.7 Å². The maximum Gasteiger partial charge on any atom is 0.220 e. The molecule has 2 aromatic rings. The monoisotopic (exact) mass is 303 g/mol. The van der Waals surface area contributed by atoms with Crippen molar-refractivity contribution in [2.75, 3.05) is 13.7 Å². The molecule has 1 aromatic carbocycles. The van der Waals surface area contributed by atoms with Crippen LogP contribution in [0.5, 0.6) is 5.75 Å². The molecule has 1 amide bonds. The Hall–Kier alpha value is -1.81. The molecule has 0 saturated carbocycles. The molecule has 0 fully saturated rings. The number of hydrogen-bond acceptors (Lipinski definition) is 3. The van der Waals surface area contributed by atoms with Crippen molar-refractivity contribution in [3.8, 4) is 5.75 Å². The molecular weight excluding hydrogens is 282 g/mol. The first-order chi connectivity index (χ1) is 10.2. The second-order valence-electron chi connectivity index (χ2n) is 4.96. The number of carbonyl (C=O) groups excluding carboxylic acids is 1. The smallest absolute Gasteiger partial charge is 0.220 e. The van der Waals surface area contributed by atoms with Gasteiger partial charge in [-0.1, -0.05) is 12.1 Å². The fourth-order valence-electron chi connectivity index (χ4n) is 2.08. The van der Waals surface area contributed by atoms with E-state index in [0.29, 0.717) is 13.0 Å². The summed E-state index contributed by atoms with van der Waals surface area (Å²) in [5, 5.41) is 2.98. The highest BCUT2D eigenvalue weighted by Gasteiger charge is 2.03. The number of methoxy groups -OCH3 is 1. The van der Waals surface area contributed by atoms with Crippen LogP contribution in [0.3, 0.4) is 0 Å². The topological polar surface area (TPSA) is 38.3 Å². The van der Waals surface area contributed by atoms with Crippen LogP contribution < -0.4 is 10.1 Å². The van der Waals surface area contributed by atoms with Crippen LogP contribution in [0, 0.1) is 6.92 Å². The van der Waals surface area contributed by atoms with E-state index in [4.69, 9.17) is 4.74 Å². The van der Waals surface area contributed by atoms with E-state index >= 15 is 0 Å². The Bertz CT molecular complexity index is 575. The zero-order valence-electron chi connectivity index (χ0n) is 12.5. The molecule has 112 valence electrons. The highest BCUT2D eigenvalue weighted by molar-refractivity contribution is 7.11. The van der Waals surface area contributed by atoms with Gasteiger partial charge in [0.1, 0.15) is 5.75 Å². The van der Waals surface area contributed by atoms with E-state index in [1.54, 1.807) is 18.4 Å². The van der Waals surface area contributed by atoms with Crippen LogP contribution in [0.15, 0.2) is 36.4 Å². The number of rotatable bonds is 7. The number of amides is 1. The molecule has 0 aliphatic carbocycles. The van der Waals surface area contributed by atoms with Gasteiger partial charge < -0.3 is 10.1 Å². The molecule has 0 spiro atoms. The molecule has 0 aliphatic heterocycles. The fraction of sp³-hybridized carbons (Fsp3) is 0.353. The predicted octanol–water partition coefficient (Wildman–Crippen LogP) is 3.36. The Balaban J connectivity index is 1.67. The van der Waals surface area contributed by atoms with Crippen molar-refractivity contribution in [1.29, 1.82) is 0 Å². The third kappa shape index (κ3) is 5.23. The zero-order valence-corrected chi connectivity index (χ0v) is 13.3. The van der Waals surface area contributed by atoms with E-state index in [1.165, 1.54) is 9.75 Å². The van der Waals surface area contributed by atoms with Gasteiger partial charge in [0, 0.05) is 22.7 Å². The van der Waals surface area contributed by atoms with Crippen LogP contribution >= 0.6 is 11.3 Å². The highest BCUT2D eigenvalue weighted by atomic mass is 32.1. The molecule has 0 radical (unpaired) electrons. The summed E-state index contributed by atoms with van der Waals surface area (Å²) in [6.07, 6.45) is 2.19. The molecule has 0 unspecified atom stereocenters. The van der Waals surface area contributed by atoms with E-state index in [0.717, 1.165) is 24.2 Å². The van der Waals surface area contributed by atoms with Gasteiger partial charge >= 0.3 is 0 Å². The Kier molecular flexibility index (Phi) is 5.81. The van der Waals surface area contributed by atoms with E-state index < -0.39 is 0 Å². The minimum Gasteiger partial charge on any atom is -0.497 e. The van der Waals surface area contributed by atoms with E-state index in [2.05, 4.69) is 24.4 Å². The van der Waals surface area contributed by atoms with Crippen molar-refractivity contribution in [2.45, 2.75) is 26.2 Å². The summed E-state index contributed by atoms with van der Waals surface area (Å²) >= 11 is 1.79. The molecule has 0 bridgehead atoms. The van der Waals surface area contributed by atoms with Crippen LogP contribution in [0.4, 0.5) is 0 Å². The maximum atomic E-state index is 11.8. The summed E-state index contributed by atoms with van der Waals surface area (Å²) < 4.78 is 5.11. The second kappa shape index (κ2) is 7.84. The van der Waals surface area contributed by atoms with E-state index in [-0.39, 0.29) is 5.91 Å². The van der Waals surface area contributed by atoms with Crippen molar-refractivity contribution in [3.05, 3.63) is 51.7 Å². The average Bonchev–Trinajstić information content (AvgIpc) is 2.91. The summed E-state index contributed by atoms with van der Waals surface area (Å²) in [6.45, 7) is 2.81. The Labute approximate surface area is 130 Å². The molecule has 3 nitrogen and oxygen atoms in total. The molecule has 2 rings (SSSR count). The quantitative estimate of drug-likeness (QED) is 0.852. The number of nitrogens with one attached hydrogen (secondary N) is 1. The van der Waals surface area contributed by atoms with Crippen molar-refractivity contribution in [3.63, 3.8) is 0 Å².